The highest BCUT2D eigenvalue weighted by atomic mass is 16.6. The lowest BCUT2D eigenvalue weighted by Crippen LogP contribution is -2.28. The molecule has 0 aromatic heterocycles. The van der Waals surface area contributed by atoms with Gasteiger partial charge in [-0.1, -0.05) is 299 Å². The predicted molar refractivity (Wildman–Crippen MR) is 302 cm³/mol. The van der Waals surface area contributed by atoms with Gasteiger partial charge in [-0.15, -0.1) is 0 Å². The molecule has 0 saturated heterocycles. The maximum absolute atomic E-state index is 12.3. The van der Waals surface area contributed by atoms with Crippen LogP contribution in [0.5, 0.6) is 0 Å². The van der Waals surface area contributed by atoms with Crippen LogP contribution >= 0.6 is 0 Å². The largest absolute Gasteiger partial charge is 0.462 e. The monoisotopic (exact) mass is 963 g/mol. The Kier molecular flexibility index (Phi) is 57.3. The summed E-state index contributed by atoms with van der Waals surface area (Å²) >= 11 is 0. The first kappa shape index (κ1) is 66.3. The molecule has 0 aliphatic rings. The number of carbonyl (C=O) groups excluding carboxylic acids is 2. The molecule has 0 rings (SSSR count). The Bertz CT molecular complexity index is 1230. The summed E-state index contributed by atoms with van der Waals surface area (Å²) in [7, 11) is 0. The number of aliphatic hydroxyl groups is 1. The Balaban J connectivity index is 3.48. The maximum Gasteiger partial charge on any atom is 0.306 e. The van der Waals surface area contributed by atoms with E-state index >= 15 is 0 Å². The Hall–Kier alpha value is -2.66. The van der Waals surface area contributed by atoms with Crippen LogP contribution < -0.4 is 0 Å². The second kappa shape index (κ2) is 59.6. The van der Waals surface area contributed by atoms with E-state index in [0.29, 0.717) is 12.8 Å². The summed E-state index contributed by atoms with van der Waals surface area (Å²) < 4.78 is 10.7. The van der Waals surface area contributed by atoms with E-state index in [1.165, 1.54) is 193 Å². The molecule has 0 heterocycles. The van der Waals surface area contributed by atoms with E-state index in [4.69, 9.17) is 9.47 Å². The molecule has 1 N–H and O–H groups in total. The summed E-state index contributed by atoms with van der Waals surface area (Å²) in [5.41, 5.74) is 0. The van der Waals surface area contributed by atoms with Gasteiger partial charge in [-0.25, -0.2) is 0 Å². The summed E-state index contributed by atoms with van der Waals surface area (Å²) in [6.45, 7) is 4.06. The zero-order valence-corrected chi connectivity index (χ0v) is 45.8. The third kappa shape index (κ3) is 57.8. The van der Waals surface area contributed by atoms with Gasteiger partial charge in [0.2, 0.25) is 0 Å². The van der Waals surface area contributed by atoms with Gasteiger partial charge in [0.05, 0.1) is 6.61 Å². The van der Waals surface area contributed by atoms with Crippen molar-refractivity contribution in [1.29, 1.82) is 0 Å². The highest BCUT2D eigenvalue weighted by Crippen LogP contribution is 2.17. The molecule has 1 unspecified atom stereocenters. The van der Waals surface area contributed by atoms with Crippen LogP contribution in [-0.2, 0) is 19.1 Å². The van der Waals surface area contributed by atoms with Crippen molar-refractivity contribution in [3.05, 3.63) is 72.9 Å². The van der Waals surface area contributed by atoms with Gasteiger partial charge < -0.3 is 14.6 Å². The average Bonchev–Trinajstić information content (AvgIpc) is 3.35. The maximum atomic E-state index is 12.3. The van der Waals surface area contributed by atoms with Gasteiger partial charge in [0, 0.05) is 12.8 Å². The minimum absolute atomic E-state index is 0.0687. The lowest BCUT2D eigenvalue weighted by Gasteiger charge is -2.15. The zero-order valence-electron chi connectivity index (χ0n) is 45.8. The van der Waals surface area contributed by atoms with Crippen LogP contribution in [0.25, 0.3) is 0 Å². The van der Waals surface area contributed by atoms with Gasteiger partial charge in [0.1, 0.15) is 6.61 Å². The first-order valence-corrected chi connectivity index (χ1v) is 30.0. The molecule has 5 nitrogen and oxygen atoms in total. The summed E-state index contributed by atoms with van der Waals surface area (Å²) in [5, 5.41) is 9.67. The standard InChI is InChI=1S/C64H114O5/c1-3-5-7-9-11-13-15-17-19-21-23-25-27-29-31-33-34-36-38-40-42-44-46-48-50-52-54-56-58-63(66)68-61-62(60-65)69-64(67)59-57-55-53-51-49-47-45-43-41-39-37-35-32-30-28-26-24-22-20-18-16-14-12-10-8-6-4-2/h6,8,12,14,18,20,24,26,30,32,37,39,62,65H,3-5,7,9-11,13,15-17,19,21-23,25,27-29,31,33-36,38,40-61H2,1-2H3/b8-6-,14-12-,20-18-,26-24-,32-30-,39-37-. The minimum atomic E-state index is -0.780. The van der Waals surface area contributed by atoms with Crippen LogP contribution in [-0.4, -0.2) is 36.4 Å². The Morgan fingerprint density at radius 1 is 0.348 bits per heavy atom. The van der Waals surface area contributed by atoms with Crippen LogP contribution in [0.1, 0.15) is 303 Å². The van der Waals surface area contributed by atoms with Crippen molar-refractivity contribution in [1.82, 2.24) is 0 Å². The fourth-order valence-electron chi connectivity index (χ4n) is 8.80. The second-order valence-corrected chi connectivity index (χ2v) is 20.1. The smallest absolute Gasteiger partial charge is 0.306 e. The van der Waals surface area contributed by atoms with E-state index in [9.17, 15) is 14.7 Å². The number of ether oxygens (including phenoxy) is 2. The molecule has 0 bridgehead atoms. The molecular formula is C64H114O5. The highest BCUT2D eigenvalue weighted by Gasteiger charge is 2.16. The first-order chi connectivity index (χ1) is 34.1. The lowest BCUT2D eigenvalue weighted by atomic mass is 10.0. The number of rotatable bonds is 55. The summed E-state index contributed by atoms with van der Waals surface area (Å²) in [4.78, 5) is 24.6. The molecule has 0 fully saturated rings. The molecule has 0 aromatic carbocycles. The molecule has 0 radical (unpaired) electrons. The highest BCUT2D eigenvalue weighted by molar-refractivity contribution is 5.70. The van der Waals surface area contributed by atoms with E-state index in [1.54, 1.807) is 0 Å². The fraction of sp³-hybridized carbons (Fsp3) is 0.781. The topological polar surface area (TPSA) is 72.8 Å². The van der Waals surface area contributed by atoms with Gasteiger partial charge >= 0.3 is 11.9 Å². The van der Waals surface area contributed by atoms with Crippen LogP contribution in [0, 0.1) is 0 Å². The SMILES string of the molecule is CC/C=C\C/C=C\C/C=C\C/C=C\C/C=C\C/C=C\CCCCCCCCCCC(=O)OC(CO)COC(=O)CCCCCCCCCCCCCCCCCCCCCCCCCCCCCC. The van der Waals surface area contributed by atoms with E-state index in [0.717, 1.165) is 83.5 Å². The van der Waals surface area contributed by atoms with Crippen LogP contribution in [0.2, 0.25) is 0 Å². The Labute approximate surface area is 429 Å². The Morgan fingerprint density at radius 3 is 0.942 bits per heavy atom. The number of esters is 2. The zero-order chi connectivity index (χ0) is 49.9. The molecule has 0 aliphatic heterocycles. The average molecular weight is 964 g/mol. The van der Waals surface area contributed by atoms with E-state index < -0.39 is 6.10 Å². The van der Waals surface area contributed by atoms with Gasteiger partial charge in [-0.3, -0.25) is 9.59 Å². The van der Waals surface area contributed by atoms with Gasteiger partial charge in [0.15, 0.2) is 6.10 Å². The third-order valence-corrected chi connectivity index (χ3v) is 13.3. The number of allylic oxidation sites excluding steroid dienone is 12. The normalized spacial score (nSPS) is 12.7. The minimum Gasteiger partial charge on any atom is -0.462 e. The lowest BCUT2D eigenvalue weighted by molar-refractivity contribution is -0.161. The van der Waals surface area contributed by atoms with Gasteiger partial charge in [-0.2, -0.15) is 0 Å². The van der Waals surface area contributed by atoms with Crippen molar-refractivity contribution in [2.45, 2.75) is 309 Å². The van der Waals surface area contributed by atoms with Crippen molar-refractivity contribution >= 4 is 11.9 Å². The van der Waals surface area contributed by atoms with Crippen LogP contribution in [0.4, 0.5) is 0 Å². The Morgan fingerprint density at radius 2 is 0.623 bits per heavy atom. The molecule has 0 amide bonds. The number of hydrogen-bond acceptors (Lipinski definition) is 5. The summed E-state index contributed by atoms with van der Waals surface area (Å²) in [5.74, 6) is -0.590. The van der Waals surface area contributed by atoms with Gasteiger partial charge in [-0.05, 0) is 64.2 Å². The number of unbranched alkanes of at least 4 members (excludes halogenated alkanes) is 35. The third-order valence-electron chi connectivity index (χ3n) is 13.3. The fourth-order valence-corrected chi connectivity index (χ4v) is 8.80. The van der Waals surface area contributed by atoms with Crippen molar-refractivity contribution in [3.8, 4) is 0 Å². The van der Waals surface area contributed by atoms with Crippen molar-refractivity contribution in [2.75, 3.05) is 13.2 Å². The number of hydrogen-bond donors (Lipinski definition) is 1. The van der Waals surface area contributed by atoms with E-state index in [-0.39, 0.29) is 25.2 Å². The molecule has 0 spiro atoms. The van der Waals surface area contributed by atoms with Crippen LogP contribution in [0.15, 0.2) is 72.9 Å². The molecule has 1 atom stereocenters. The summed E-state index contributed by atoms with van der Waals surface area (Å²) in [6.07, 6.45) is 81.7. The van der Waals surface area contributed by atoms with Crippen molar-refractivity contribution in [3.63, 3.8) is 0 Å². The molecule has 0 aromatic rings. The molecule has 69 heavy (non-hydrogen) atoms. The van der Waals surface area contributed by atoms with Gasteiger partial charge in [0.25, 0.3) is 0 Å². The van der Waals surface area contributed by atoms with E-state index in [1.807, 2.05) is 0 Å². The van der Waals surface area contributed by atoms with Crippen molar-refractivity contribution < 1.29 is 24.2 Å². The molecular weight excluding hydrogens is 849 g/mol. The molecule has 0 saturated carbocycles. The second-order valence-electron chi connectivity index (χ2n) is 20.1. The van der Waals surface area contributed by atoms with Crippen LogP contribution in [0.3, 0.4) is 0 Å². The van der Waals surface area contributed by atoms with Crippen molar-refractivity contribution in [2.24, 2.45) is 0 Å². The predicted octanol–water partition coefficient (Wildman–Crippen LogP) is 20.4. The quantitative estimate of drug-likeness (QED) is 0.0374. The first-order valence-electron chi connectivity index (χ1n) is 30.0. The number of aliphatic hydroxyl groups excluding tert-OH is 1. The molecule has 5 heteroatoms. The van der Waals surface area contributed by atoms with E-state index in [2.05, 4.69) is 86.8 Å². The summed E-state index contributed by atoms with van der Waals surface area (Å²) in [6, 6.07) is 0. The molecule has 400 valence electrons. The molecule has 0 aliphatic carbocycles. The number of carbonyl (C=O) groups is 2.